The number of hydrogen-bond acceptors (Lipinski definition) is 3. The highest BCUT2D eigenvalue weighted by molar-refractivity contribution is 9.10. The molecule has 2 atom stereocenters. The minimum absolute atomic E-state index is 0.330. The molecule has 1 aliphatic heterocycles. The first-order valence-corrected chi connectivity index (χ1v) is 7.68. The second-order valence-electron chi connectivity index (χ2n) is 5.28. The third kappa shape index (κ3) is 4.88. The normalized spacial score (nSPS) is 21.6. The maximum atomic E-state index is 10.2. The molecular formula is C15H22BrNO2. The molecular weight excluding hydrogens is 306 g/mol. The highest BCUT2D eigenvalue weighted by Crippen LogP contribution is 2.19. The molecule has 3 nitrogen and oxygen atoms in total. The van der Waals surface area contributed by atoms with Gasteiger partial charge in [0.25, 0.3) is 0 Å². The van der Waals surface area contributed by atoms with E-state index >= 15 is 0 Å². The summed E-state index contributed by atoms with van der Waals surface area (Å²) < 4.78 is 6.76. The molecule has 0 radical (unpaired) electrons. The van der Waals surface area contributed by atoms with Crippen molar-refractivity contribution in [2.24, 2.45) is 0 Å². The first kappa shape index (κ1) is 15.0. The van der Waals surface area contributed by atoms with Gasteiger partial charge in [-0.1, -0.05) is 28.1 Å². The zero-order valence-electron chi connectivity index (χ0n) is 11.4. The van der Waals surface area contributed by atoms with Gasteiger partial charge in [0.1, 0.15) is 0 Å². The lowest BCUT2D eigenvalue weighted by Crippen LogP contribution is -2.35. The molecule has 1 aromatic rings. The van der Waals surface area contributed by atoms with Crippen LogP contribution in [0, 0.1) is 0 Å². The van der Waals surface area contributed by atoms with E-state index in [-0.39, 0.29) is 0 Å². The van der Waals surface area contributed by atoms with Gasteiger partial charge in [-0.05, 0) is 44.0 Å². The molecule has 2 unspecified atom stereocenters. The van der Waals surface area contributed by atoms with E-state index in [1.54, 1.807) is 0 Å². The van der Waals surface area contributed by atoms with Crippen LogP contribution in [-0.4, -0.2) is 42.9 Å². The number of ether oxygens (including phenoxy) is 1. The SMILES string of the molecule is CN(CC1CCCCO1)CC(O)c1ccc(Br)cc1. The second-order valence-corrected chi connectivity index (χ2v) is 6.19. The maximum absolute atomic E-state index is 10.2. The Bertz CT molecular complexity index is 376. The Kier molecular flexibility index (Phi) is 5.82. The van der Waals surface area contributed by atoms with Gasteiger partial charge in [0, 0.05) is 24.2 Å². The highest BCUT2D eigenvalue weighted by atomic mass is 79.9. The molecule has 19 heavy (non-hydrogen) atoms. The van der Waals surface area contributed by atoms with Crippen LogP contribution in [0.15, 0.2) is 28.7 Å². The number of halogens is 1. The third-order valence-electron chi connectivity index (χ3n) is 3.53. The van der Waals surface area contributed by atoms with Crippen LogP contribution in [0.2, 0.25) is 0 Å². The van der Waals surface area contributed by atoms with Crippen molar-refractivity contribution in [3.05, 3.63) is 34.3 Å². The van der Waals surface area contributed by atoms with Crippen LogP contribution in [0.1, 0.15) is 30.9 Å². The first-order chi connectivity index (χ1) is 9.15. The number of nitrogens with zero attached hydrogens (tertiary/aromatic N) is 1. The molecule has 0 saturated carbocycles. The summed E-state index contributed by atoms with van der Waals surface area (Å²) in [4.78, 5) is 2.16. The molecule has 1 fully saturated rings. The van der Waals surface area contributed by atoms with Crippen LogP contribution in [0.4, 0.5) is 0 Å². The predicted octanol–water partition coefficient (Wildman–Crippen LogP) is 2.98. The van der Waals surface area contributed by atoms with Crippen molar-refractivity contribution < 1.29 is 9.84 Å². The summed E-state index contributed by atoms with van der Waals surface area (Å²) in [7, 11) is 2.04. The van der Waals surface area contributed by atoms with Gasteiger partial charge in [0.2, 0.25) is 0 Å². The van der Waals surface area contributed by atoms with Crippen LogP contribution < -0.4 is 0 Å². The standard InChI is InChI=1S/C15H22BrNO2/c1-17(10-14-4-2-3-9-19-14)11-15(18)12-5-7-13(16)8-6-12/h5-8,14-15,18H,2-4,9-11H2,1H3. The predicted molar refractivity (Wildman–Crippen MR) is 80.2 cm³/mol. The van der Waals surface area contributed by atoms with Crippen LogP contribution in [0.25, 0.3) is 0 Å². The number of aliphatic hydroxyl groups excluding tert-OH is 1. The average Bonchev–Trinajstić information content (AvgIpc) is 2.40. The van der Waals surface area contributed by atoms with Crippen LogP contribution in [-0.2, 0) is 4.74 Å². The highest BCUT2D eigenvalue weighted by Gasteiger charge is 2.18. The molecule has 1 heterocycles. The van der Waals surface area contributed by atoms with Gasteiger partial charge in [0.15, 0.2) is 0 Å². The Balaban J connectivity index is 1.80. The summed E-state index contributed by atoms with van der Waals surface area (Å²) in [6.07, 6.45) is 3.46. The monoisotopic (exact) mass is 327 g/mol. The summed E-state index contributed by atoms with van der Waals surface area (Å²) in [5.41, 5.74) is 0.958. The number of aliphatic hydroxyl groups is 1. The fraction of sp³-hybridized carbons (Fsp3) is 0.600. The van der Waals surface area contributed by atoms with Gasteiger partial charge in [-0.15, -0.1) is 0 Å². The average molecular weight is 328 g/mol. The summed E-state index contributed by atoms with van der Waals surface area (Å²) >= 11 is 3.40. The Morgan fingerprint density at radius 1 is 1.37 bits per heavy atom. The van der Waals surface area contributed by atoms with E-state index in [4.69, 9.17) is 4.74 Å². The number of hydrogen-bond donors (Lipinski definition) is 1. The molecule has 0 spiro atoms. The first-order valence-electron chi connectivity index (χ1n) is 6.89. The van der Waals surface area contributed by atoms with Crippen molar-refractivity contribution in [2.75, 3.05) is 26.7 Å². The molecule has 1 aromatic carbocycles. The van der Waals surface area contributed by atoms with Crippen LogP contribution in [0.3, 0.4) is 0 Å². The van der Waals surface area contributed by atoms with Crippen LogP contribution in [0.5, 0.6) is 0 Å². The van der Waals surface area contributed by atoms with Crippen LogP contribution >= 0.6 is 15.9 Å². The Labute approximate surface area is 123 Å². The van der Waals surface area contributed by atoms with Crippen molar-refractivity contribution >= 4 is 15.9 Å². The molecule has 2 rings (SSSR count). The minimum Gasteiger partial charge on any atom is -0.387 e. The van der Waals surface area contributed by atoms with Gasteiger partial charge in [0.05, 0.1) is 12.2 Å². The topological polar surface area (TPSA) is 32.7 Å². The second kappa shape index (κ2) is 7.39. The Morgan fingerprint density at radius 3 is 2.74 bits per heavy atom. The smallest absolute Gasteiger partial charge is 0.0916 e. The molecule has 1 saturated heterocycles. The van der Waals surface area contributed by atoms with Gasteiger partial charge < -0.3 is 14.7 Å². The molecule has 0 bridgehead atoms. The number of rotatable bonds is 5. The minimum atomic E-state index is -0.443. The van der Waals surface area contributed by atoms with Gasteiger partial charge in [-0.25, -0.2) is 0 Å². The Hall–Kier alpha value is -0.420. The van der Waals surface area contributed by atoms with Gasteiger partial charge in [-0.2, -0.15) is 0 Å². The van der Waals surface area contributed by atoms with Crippen molar-refractivity contribution in [2.45, 2.75) is 31.5 Å². The maximum Gasteiger partial charge on any atom is 0.0916 e. The molecule has 1 aliphatic rings. The summed E-state index contributed by atoms with van der Waals surface area (Å²) in [5, 5.41) is 10.2. The van der Waals surface area contributed by atoms with Gasteiger partial charge in [-0.3, -0.25) is 0 Å². The summed E-state index contributed by atoms with van der Waals surface area (Å²) in [6, 6.07) is 7.84. The quantitative estimate of drug-likeness (QED) is 0.902. The lowest BCUT2D eigenvalue weighted by molar-refractivity contribution is -0.00795. The van der Waals surface area contributed by atoms with Crippen molar-refractivity contribution in [3.63, 3.8) is 0 Å². The zero-order chi connectivity index (χ0) is 13.7. The lowest BCUT2D eigenvalue weighted by Gasteiger charge is -2.28. The van der Waals surface area contributed by atoms with Crippen molar-refractivity contribution in [1.82, 2.24) is 4.90 Å². The largest absolute Gasteiger partial charge is 0.387 e. The summed E-state index contributed by atoms with van der Waals surface area (Å²) in [5.74, 6) is 0. The molecule has 4 heteroatoms. The van der Waals surface area contributed by atoms with Gasteiger partial charge >= 0.3 is 0 Å². The molecule has 0 aromatic heterocycles. The van der Waals surface area contributed by atoms with E-state index in [9.17, 15) is 5.11 Å². The molecule has 0 amide bonds. The third-order valence-corrected chi connectivity index (χ3v) is 4.06. The molecule has 1 N–H and O–H groups in total. The van der Waals surface area contributed by atoms with E-state index < -0.39 is 6.10 Å². The van der Waals surface area contributed by atoms with E-state index in [2.05, 4.69) is 20.8 Å². The molecule has 0 aliphatic carbocycles. The van der Waals surface area contributed by atoms with E-state index in [1.165, 1.54) is 12.8 Å². The number of likely N-dealkylation sites (N-methyl/N-ethyl adjacent to an activating group) is 1. The van der Waals surface area contributed by atoms with Crippen molar-refractivity contribution in [3.8, 4) is 0 Å². The molecule has 106 valence electrons. The van der Waals surface area contributed by atoms with E-state index in [0.29, 0.717) is 12.6 Å². The van der Waals surface area contributed by atoms with E-state index in [1.807, 2.05) is 31.3 Å². The summed E-state index contributed by atoms with van der Waals surface area (Å²) in [6.45, 7) is 2.42. The van der Waals surface area contributed by atoms with Crippen molar-refractivity contribution in [1.29, 1.82) is 0 Å². The fourth-order valence-electron chi connectivity index (χ4n) is 2.46. The zero-order valence-corrected chi connectivity index (χ0v) is 13.0. The lowest BCUT2D eigenvalue weighted by atomic mass is 10.1. The number of benzene rings is 1. The fourth-order valence-corrected chi connectivity index (χ4v) is 2.72. The van der Waals surface area contributed by atoms with E-state index in [0.717, 1.165) is 29.6 Å². The Morgan fingerprint density at radius 2 is 2.11 bits per heavy atom.